The number of guanidine groups is 1. The van der Waals surface area contributed by atoms with E-state index in [9.17, 15) is 4.79 Å². The van der Waals surface area contributed by atoms with Gasteiger partial charge in [0.25, 0.3) is 5.56 Å². The van der Waals surface area contributed by atoms with E-state index in [1.807, 2.05) is 30.7 Å². The molecule has 2 aliphatic heterocycles. The van der Waals surface area contributed by atoms with Gasteiger partial charge >= 0.3 is 0 Å². The highest BCUT2D eigenvalue weighted by molar-refractivity contribution is 5.80. The van der Waals surface area contributed by atoms with Gasteiger partial charge in [0, 0.05) is 57.0 Å². The number of likely N-dealkylation sites (tertiary alicyclic amines) is 1. The second-order valence-corrected chi connectivity index (χ2v) is 7.31. The molecule has 1 N–H and O–H groups in total. The third-order valence-electron chi connectivity index (χ3n) is 5.49. The zero-order valence-corrected chi connectivity index (χ0v) is 15.5. The number of unbranched alkanes of at least 4 members (excludes halogenated alkanes) is 1. The smallest absolute Gasteiger partial charge is 0.250 e. The molecular formula is C19H30N4O2. The Morgan fingerprint density at radius 2 is 2.24 bits per heavy atom. The lowest BCUT2D eigenvalue weighted by atomic mass is 9.87. The molecule has 0 amide bonds. The molecule has 6 heteroatoms. The first-order valence-corrected chi connectivity index (χ1v) is 9.33. The molecule has 1 spiro atoms. The standard InChI is InChI=1S/C19H30N4O2/c1-16-6-5-7-17(24)23(16)11-4-3-10-21-18(20-2)22-12-8-19(14-22)9-13-25-15-19/h5-7H,3-4,8-15H2,1-2H3,(H,20,21). The molecule has 3 rings (SSSR count). The Kier molecular flexibility index (Phi) is 5.78. The van der Waals surface area contributed by atoms with Crippen LogP contribution in [0.1, 0.15) is 31.4 Å². The van der Waals surface area contributed by atoms with E-state index in [0.717, 1.165) is 63.9 Å². The van der Waals surface area contributed by atoms with Gasteiger partial charge in [0.2, 0.25) is 0 Å². The van der Waals surface area contributed by atoms with Crippen LogP contribution in [0.2, 0.25) is 0 Å². The maximum atomic E-state index is 11.9. The van der Waals surface area contributed by atoms with Gasteiger partial charge in [-0.05, 0) is 38.7 Å². The van der Waals surface area contributed by atoms with Gasteiger partial charge in [0.1, 0.15) is 0 Å². The number of aryl methyl sites for hydroxylation is 1. The molecule has 0 radical (unpaired) electrons. The van der Waals surface area contributed by atoms with Crippen molar-refractivity contribution in [2.24, 2.45) is 10.4 Å². The molecular weight excluding hydrogens is 316 g/mol. The topological polar surface area (TPSA) is 58.9 Å². The normalized spacial score (nSPS) is 23.6. The quantitative estimate of drug-likeness (QED) is 0.500. The van der Waals surface area contributed by atoms with Crippen molar-refractivity contribution in [3.8, 4) is 0 Å². The van der Waals surface area contributed by atoms with Crippen LogP contribution in [0.15, 0.2) is 28.0 Å². The van der Waals surface area contributed by atoms with E-state index in [1.165, 1.54) is 12.8 Å². The Hall–Kier alpha value is -1.82. The summed E-state index contributed by atoms with van der Waals surface area (Å²) in [5.74, 6) is 0.997. The van der Waals surface area contributed by atoms with Crippen molar-refractivity contribution in [2.75, 3.05) is 39.9 Å². The number of rotatable bonds is 5. The van der Waals surface area contributed by atoms with E-state index >= 15 is 0 Å². The Balaban J connectivity index is 1.41. The maximum Gasteiger partial charge on any atom is 0.250 e. The fourth-order valence-corrected chi connectivity index (χ4v) is 3.92. The number of pyridine rings is 1. The predicted molar refractivity (Wildman–Crippen MR) is 100 cm³/mol. The summed E-state index contributed by atoms with van der Waals surface area (Å²) >= 11 is 0. The summed E-state index contributed by atoms with van der Waals surface area (Å²) in [6.07, 6.45) is 4.37. The van der Waals surface area contributed by atoms with E-state index in [0.29, 0.717) is 5.41 Å². The summed E-state index contributed by atoms with van der Waals surface area (Å²) in [6.45, 7) is 7.54. The van der Waals surface area contributed by atoms with Crippen LogP contribution in [0.4, 0.5) is 0 Å². The average molecular weight is 346 g/mol. The summed E-state index contributed by atoms with van der Waals surface area (Å²) in [6, 6.07) is 5.43. The van der Waals surface area contributed by atoms with Crippen molar-refractivity contribution in [2.45, 2.75) is 39.2 Å². The third kappa shape index (κ3) is 4.24. The first kappa shape index (κ1) is 18.0. The summed E-state index contributed by atoms with van der Waals surface area (Å²) in [5.41, 5.74) is 1.46. The van der Waals surface area contributed by atoms with Crippen LogP contribution in [-0.2, 0) is 11.3 Å². The highest BCUT2D eigenvalue weighted by Gasteiger charge is 2.42. The van der Waals surface area contributed by atoms with Crippen molar-refractivity contribution in [1.29, 1.82) is 0 Å². The molecule has 2 aliphatic rings. The van der Waals surface area contributed by atoms with Gasteiger partial charge in [0.15, 0.2) is 5.96 Å². The number of aromatic nitrogens is 1. The van der Waals surface area contributed by atoms with E-state index in [4.69, 9.17) is 4.74 Å². The van der Waals surface area contributed by atoms with E-state index < -0.39 is 0 Å². The Labute approximate surface area is 149 Å². The molecule has 0 saturated carbocycles. The summed E-state index contributed by atoms with van der Waals surface area (Å²) < 4.78 is 7.45. The van der Waals surface area contributed by atoms with Crippen LogP contribution in [0.3, 0.4) is 0 Å². The summed E-state index contributed by atoms with van der Waals surface area (Å²) in [5, 5.41) is 3.48. The van der Waals surface area contributed by atoms with Crippen LogP contribution in [0.25, 0.3) is 0 Å². The molecule has 2 saturated heterocycles. The first-order chi connectivity index (χ1) is 12.1. The molecule has 1 unspecified atom stereocenters. The molecule has 1 aromatic rings. The number of hydrogen-bond donors (Lipinski definition) is 1. The van der Waals surface area contributed by atoms with Crippen molar-refractivity contribution in [3.63, 3.8) is 0 Å². The van der Waals surface area contributed by atoms with Gasteiger partial charge in [0.05, 0.1) is 6.61 Å². The van der Waals surface area contributed by atoms with E-state index in [2.05, 4.69) is 15.2 Å². The number of nitrogens with zero attached hydrogens (tertiary/aromatic N) is 3. The minimum Gasteiger partial charge on any atom is -0.381 e. The first-order valence-electron chi connectivity index (χ1n) is 9.33. The highest BCUT2D eigenvalue weighted by atomic mass is 16.5. The Morgan fingerprint density at radius 3 is 2.96 bits per heavy atom. The summed E-state index contributed by atoms with van der Waals surface area (Å²) in [4.78, 5) is 18.7. The van der Waals surface area contributed by atoms with Gasteiger partial charge in [-0.3, -0.25) is 9.79 Å². The average Bonchev–Trinajstić information content (AvgIpc) is 3.23. The molecule has 0 aliphatic carbocycles. The third-order valence-corrected chi connectivity index (χ3v) is 5.49. The van der Waals surface area contributed by atoms with Gasteiger partial charge in [-0.1, -0.05) is 6.07 Å². The molecule has 0 bridgehead atoms. The molecule has 138 valence electrons. The van der Waals surface area contributed by atoms with Crippen molar-refractivity contribution in [3.05, 3.63) is 34.2 Å². The number of nitrogens with one attached hydrogen (secondary N) is 1. The predicted octanol–water partition coefficient (Wildman–Crippen LogP) is 1.62. The second kappa shape index (κ2) is 8.04. The van der Waals surface area contributed by atoms with Crippen molar-refractivity contribution in [1.82, 2.24) is 14.8 Å². The van der Waals surface area contributed by atoms with E-state index in [-0.39, 0.29) is 5.56 Å². The van der Waals surface area contributed by atoms with E-state index in [1.54, 1.807) is 6.07 Å². The van der Waals surface area contributed by atoms with Gasteiger partial charge in [-0.25, -0.2) is 0 Å². The zero-order valence-electron chi connectivity index (χ0n) is 15.5. The fraction of sp³-hybridized carbons (Fsp3) is 0.684. The molecule has 3 heterocycles. The number of aliphatic imine (C=N–C) groups is 1. The Bertz CT molecular complexity index is 662. The lowest BCUT2D eigenvalue weighted by Gasteiger charge is -2.25. The molecule has 1 atom stereocenters. The minimum absolute atomic E-state index is 0.0879. The SMILES string of the molecule is CN=C(NCCCCn1c(C)cccc1=O)N1CCC2(CCOC2)C1. The van der Waals surface area contributed by atoms with Crippen LogP contribution in [-0.4, -0.2) is 55.3 Å². The van der Waals surface area contributed by atoms with Crippen LogP contribution >= 0.6 is 0 Å². The van der Waals surface area contributed by atoms with Gasteiger partial charge < -0.3 is 19.5 Å². The second-order valence-electron chi connectivity index (χ2n) is 7.31. The largest absolute Gasteiger partial charge is 0.381 e. The number of ether oxygens (including phenoxy) is 1. The fourth-order valence-electron chi connectivity index (χ4n) is 3.92. The van der Waals surface area contributed by atoms with Crippen LogP contribution in [0, 0.1) is 12.3 Å². The maximum absolute atomic E-state index is 11.9. The minimum atomic E-state index is 0.0879. The molecule has 1 aromatic heterocycles. The van der Waals surface area contributed by atoms with Crippen LogP contribution in [0.5, 0.6) is 0 Å². The van der Waals surface area contributed by atoms with Crippen molar-refractivity contribution >= 4 is 5.96 Å². The molecule has 25 heavy (non-hydrogen) atoms. The molecule has 6 nitrogen and oxygen atoms in total. The zero-order chi connectivity index (χ0) is 17.7. The molecule has 0 aromatic carbocycles. The number of hydrogen-bond acceptors (Lipinski definition) is 3. The summed E-state index contributed by atoms with van der Waals surface area (Å²) in [7, 11) is 1.85. The highest BCUT2D eigenvalue weighted by Crippen LogP contribution is 2.38. The van der Waals surface area contributed by atoms with Gasteiger partial charge in [-0.2, -0.15) is 0 Å². The lowest BCUT2D eigenvalue weighted by Crippen LogP contribution is -2.41. The molecule has 2 fully saturated rings. The van der Waals surface area contributed by atoms with Crippen molar-refractivity contribution < 1.29 is 4.74 Å². The van der Waals surface area contributed by atoms with Gasteiger partial charge in [-0.15, -0.1) is 0 Å². The Morgan fingerprint density at radius 1 is 1.36 bits per heavy atom. The lowest BCUT2D eigenvalue weighted by molar-refractivity contribution is 0.156. The van der Waals surface area contributed by atoms with Crippen LogP contribution < -0.4 is 10.9 Å². The monoisotopic (exact) mass is 346 g/mol.